The van der Waals surface area contributed by atoms with Gasteiger partial charge in [0, 0.05) is 12.0 Å². The van der Waals surface area contributed by atoms with Gasteiger partial charge in [-0.25, -0.2) is 0 Å². The lowest BCUT2D eigenvalue weighted by Crippen LogP contribution is -2.54. The molecule has 1 heteroatoms. The molecule has 1 aromatic carbocycles. The molecule has 0 unspecified atom stereocenters. The summed E-state index contributed by atoms with van der Waals surface area (Å²) in [5, 5.41) is 3.45. The monoisotopic (exact) mass is 257 g/mol. The molecule has 2 aliphatic rings. The van der Waals surface area contributed by atoms with Crippen molar-refractivity contribution in [3.8, 4) is 0 Å². The minimum Gasteiger partial charge on any atom is -0.319 e. The van der Waals surface area contributed by atoms with Gasteiger partial charge in [0.1, 0.15) is 0 Å². The lowest BCUT2D eigenvalue weighted by molar-refractivity contribution is 0.00721. The van der Waals surface area contributed by atoms with E-state index in [1.807, 2.05) is 0 Å². The molecule has 1 aromatic rings. The van der Waals surface area contributed by atoms with Crippen molar-refractivity contribution in [3.63, 3.8) is 0 Å². The normalized spacial score (nSPS) is 24.7. The van der Waals surface area contributed by atoms with Crippen LogP contribution in [0, 0.1) is 5.41 Å². The van der Waals surface area contributed by atoms with Crippen molar-refractivity contribution in [2.75, 3.05) is 13.6 Å². The second-order valence-electron chi connectivity index (χ2n) is 6.94. The molecule has 104 valence electrons. The number of nitrogens with one attached hydrogen (secondary N) is 1. The van der Waals surface area contributed by atoms with E-state index in [0.717, 1.165) is 6.54 Å². The van der Waals surface area contributed by atoms with Crippen LogP contribution < -0.4 is 5.32 Å². The Labute approximate surface area is 117 Å². The minimum atomic E-state index is 0.417. The zero-order valence-corrected chi connectivity index (χ0v) is 12.3. The summed E-state index contributed by atoms with van der Waals surface area (Å²) in [7, 11) is 2.10. The molecular formula is C18H27N. The molecule has 3 rings (SSSR count). The first-order chi connectivity index (χ1) is 9.29. The Morgan fingerprint density at radius 1 is 0.947 bits per heavy atom. The van der Waals surface area contributed by atoms with E-state index >= 15 is 0 Å². The van der Waals surface area contributed by atoms with Crippen LogP contribution in [0.1, 0.15) is 56.9 Å². The molecule has 0 aliphatic heterocycles. The summed E-state index contributed by atoms with van der Waals surface area (Å²) in [6, 6.07) is 11.2. The Morgan fingerprint density at radius 3 is 2.16 bits per heavy atom. The van der Waals surface area contributed by atoms with Crippen molar-refractivity contribution in [1.29, 1.82) is 0 Å². The van der Waals surface area contributed by atoms with Gasteiger partial charge in [0.25, 0.3) is 0 Å². The third-order valence-corrected chi connectivity index (χ3v) is 5.49. The van der Waals surface area contributed by atoms with Crippen molar-refractivity contribution < 1.29 is 0 Å². The molecule has 0 bridgehead atoms. The third-order valence-electron chi connectivity index (χ3n) is 5.49. The van der Waals surface area contributed by atoms with E-state index < -0.39 is 0 Å². The van der Waals surface area contributed by atoms with Crippen LogP contribution >= 0.6 is 0 Å². The first-order valence-electron chi connectivity index (χ1n) is 7.99. The molecule has 0 heterocycles. The number of rotatable bonds is 3. The fourth-order valence-corrected chi connectivity index (χ4v) is 4.78. The fraction of sp³-hybridized carbons (Fsp3) is 0.667. The predicted octanol–water partition coefficient (Wildman–Crippen LogP) is 4.28. The van der Waals surface area contributed by atoms with Gasteiger partial charge in [0.05, 0.1) is 0 Å². The first kappa shape index (κ1) is 13.2. The fourth-order valence-electron chi connectivity index (χ4n) is 4.78. The number of hydrogen-bond acceptors (Lipinski definition) is 1. The smallest absolute Gasteiger partial charge is 0.00882 e. The van der Waals surface area contributed by atoms with Crippen molar-refractivity contribution in [3.05, 3.63) is 35.9 Å². The van der Waals surface area contributed by atoms with E-state index in [0.29, 0.717) is 10.8 Å². The lowest BCUT2D eigenvalue weighted by atomic mass is 9.48. The van der Waals surface area contributed by atoms with Crippen LogP contribution in [0.15, 0.2) is 30.3 Å². The van der Waals surface area contributed by atoms with Crippen molar-refractivity contribution in [1.82, 2.24) is 5.32 Å². The number of likely N-dealkylation sites (N-methyl/N-ethyl adjacent to an activating group) is 1. The molecule has 1 N–H and O–H groups in total. The number of hydrogen-bond donors (Lipinski definition) is 1. The van der Waals surface area contributed by atoms with Crippen LogP contribution in [0.3, 0.4) is 0 Å². The maximum atomic E-state index is 3.45. The maximum absolute atomic E-state index is 3.45. The van der Waals surface area contributed by atoms with E-state index in [2.05, 4.69) is 42.7 Å². The van der Waals surface area contributed by atoms with Crippen molar-refractivity contribution in [2.24, 2.45) is 5.41 Å². The topological polar surface area (TPSA) is 12.0 Å². The lowest BCUT2D eigenvalue weighted by Gasteiger charge is -2.57. The zero-order valence-electron chi connectivity index (χ0n) is 12.3. The summed E-state index contributed by atoms with van der Waals surface area (Å²) in [5.41, 5.74) is 2.66. The van der Waals surface area contributed by atoms with E-state index in [1.165, 1.54) is 51.4 Å². The molecular weight excluding hydrogens is 230 g/mol. The standard InChI is InChI=1S/C18H27N/c1-19-15-18(16-9-5-4-6-10-16)13-17(14-18)11-7-2-3-8-12-17/h4-6,9-10,19H,2-3,7-8,11-15H2,1H3. The average molecular weight is 257 g/mol. The molecule has 2 fully saturated rings. The minimum absolute atomic E-state index is 0.417. The van der Waals surface area contributed by atoms with Gasteiger partial charge in [-0.3, -0.25) is 0 Å². The Morgan fingerprint density at radius 2 is 1.58 bits per heavy atom. The van der Waals surface area contributed by atoms with E-state index in [4.69, 9.17) is 0 Å². The van der Waals surface area contributed by atoms with Crippen LogP contribution in [0.25, 0.3) is 0 Å². The van der Waals surface area contributed by atoms with Crippen LogP contribution in [0.4, 0.5) is 0 Å². The van der Waals surface area contributed by atoms with E-state index in [-0.39, 0.29) is 0 Å². The predicted molar refractivity (Wildman–Crippen MR) is 81.4 cm³/mol. The van der Waals surface area contributed by atoms with Gasteiger partial charge < -0.3 is 5.32 Å². The SMILES string of the molecule is CNCC1(c2ccccc2)CC2(CCCCCC2)C1. The first-order valence-corrected chi connectivity index (χ1v) is 7.99. The average Bonchev–Trinajstić information content (AvgIpc) is 2.65. The molecule has 0 radical (unpaired) electrons. The summed E-state index contributed by atoms with van der Waals surface area (Å²) >= 11 is 0. The van der Waals surface area contributed by atoms with Gasteiger partial charge in [-0.15, -0.1) is 0 Å². The Balaban J connectivity index is 1.78. The number of benzene rings is 1. The highest BCUT2D eigenvalue weighted by molar-refractivity contribution is 5.31. The molecule has 2 aliphatic carbocycles. The third kappa shape index (κ3) is 2.45. The second-order valence-corrected chi connectivity index (χ2v) is 6.94. The summed E-state index contributed by atoms with van der Waals surface area (Å²) in [6.07, 6.45) is 11.6. The molecule has 0 aromatic heterocycles. The van der Waals surface area contributed by atoms with Crippen LogP contribution in [0.2, 0.25) is 0 Å². The highest BCUT2D eigenvalue weighted by Crippen LogP contribution is 2.61. The Hall–Kier alpha value is -0.820. The van der Waals surface area contributed by atoms with Gasteiger partial charge >= 0.3 is 0 Å². The second kappa shape index (κ2) is 5.28. The van der Waals surface area contributed by atoms with Crippen LogP contribution in [0.5, 0.6) is 0 Å². The Bertz CT molecular complexity index is 393. The zero-order chi connectivity index (χ0) is 13.2. The van der Waals surface area contributed by atoms with E-state index in [9.17, 15) is 0 Å². The summed E-state index contributed by atoms with van der Waals surface area (Å²) in [6.45, 7) is 1.14. The molecule has 0 atom stereocenters. The van der Waals surface area contributed by atoms with E-state index in [1.54, 1.807) is 5.56 Å². The maximum Gasteiger partial charge on any atom is 0.00882 e. The van der Waals surface area contributed by atoms with Crippen LogP contribution in [-0.4, -0.2) is 13.6 Å². The van der Waals surface area contributed by atoms with Gasteiger partial charge in [-0.1, -0.05) is 56.0 Å². The molecule has 0 amide bonds. The van der Waals surface area contributed by atoms with Crippen molar-refractivity contribution in [2.45, 2.75) is 56.8 Å². The molecule has 2 saturated carbocycles. The largest absolute Gasteiger partial charge is 0.319 e. The van der Waals surface area contributed by atoms with Gasteiger partial charge in [0.2, 0.25) is 0 Å². The molecule has 0 saturated heterocycles. The van der Waals surface area contributed by atoms with Gasteiger partial charge in [-0.05, 0) is 43.7 Å². The quantitative estimate of drug-likeness (QED) is 0.852. The summed E-state index contributed by atoms with van der Waals surface area (Å²) < 4.78 is 0. The summed E-state index contributed by atoms with van der Waals surface area (Å²) in [4.78, 5) is 0. The Kier molecular flexibility index (Phi) is 3.66. The van der Waals surface area contributed by atoms with Crippen LogP contribution in [-0.2, 0) is 5.41 Å². The highest BCUT2D eigenvalue weighted by atomic mass is 14.8. The molecule has 19 heavy (non-hydrogen) atoms. The molecule has 1 nitrogen and oxygen atoms in total. The summed E-state index contributed by atoms with van der Waals surface area (Å²) in [5.74, 6) is 0. The highest BCUT2D eigenvalue weighted by Gasteiger charge is 2.53. The van der Waals surface area contributed by atoms with Crippen molar-refractivity contribution >= 4 is 0 Å². The van der Waals surface area contributed by atoms with Gasteiger partial charge in [0.15, 0.2) is 0 Å². The van der Waals surface area contributed by atoms with Gasteiger partial charge in [-0.2, -0.15) is 0 Å². The molecule has 1 spiro atoms.